The van der Waals surface area contributed by atoms with E-state index in [0.717, 1.165) is 12.8 Å². The maximum atomic E-state index is 11.3. The molecule has 9 heteroatoms. The number of hydrogen-bond donors (Lipinski definition) is 4. The molecule has 1 unspecified atom stereocenters. The Morgan fingerprint density at radius 3 is 2.25 bits per heavy atom. The van der Waals surface area contributed by atoms with Crippen molar-refractivity contribution in [2.24, 2.45) is 5.73 Å². The monoisotopic (exact) mass is 294 g/mol. The van der Waals surface area contributed by atoms with Crippen LogP contribution in [-0.2, 0) is 19.2 Å². The number of carbonyl (C=O) groups is 2. The van der Waals surface area contributed by atoms with E-state index < -0.39 is 18.0 Å². The summed E-state index contributed by atoms with van der Waals surface area (Å²) in [6, 6.07) is -0.903. The van der Waals surface area contributed by atoms with Crippen LogP contribution in [0.3, 0.4) is 0 Å². The predicted molar refractivity (Wildman–Crippen MR) is 65.6 cm³/mol. The van der Waals surface area contributed by atoms with Gasteiger partial charge in [0.05, 0.1) is 18.6 Å². The van der Waals surface area contributed by atoms with E-state index in [4.69, 9.17) is 26.0 Å². The van der Waals surface area contributed by atoms with Gasteiger partial charge in [-0.05, 0) is 25.7 Å². The van der Waals surface area contributed by atoms with Gasteiger partial charge in [0.15, 0.2) is 0 Å². The molecule has 0 aromatic carbocycles. The molecular weight excluding hydrogens is 272 g/mol. The Morgan fingerprint density at radius 1 is 1.10 bits per heavy atom. The van der Waals surface area contributed by atoms with Crippen molar-refractivity contribution in [1.29, 1.82) is 0 Å². The first-order chi connectivity index (χ1) is 9.43. The van der Waals surface area contributed by atoms with Gasteiger partial charge >= 0.3 is 11.9 Å². The van der Waals surface area contributed by atoms with Crippen LogP contribution >= 0.6 is 0 Å². The third-order valence-corrected chi connectivity index (χ3v) is 2.46. The largest absolute Gasteiger partial charge is 0.481 e. The fourth-order valence-electron chi connectivity index (χ4n) is 1.38. The lowest BCUT2D eigenvalue weighted by Crippen LogP contribution is -2.33. The minimum Gasteiger partial charge on any atom is -0.481 e. The Morgan fingerprint density at radius 2 is 1.70 bits per heavy atom. The zero-order valence-electron chi connectivity index (χ0n) is 11.2. The number of ether oxygens (including phenoxy) is 1. The average molecular weight is 294 g/mol. The molecule has 0 aliphatic carbocycles. The smallest absolute Gasteiger partial charge is 0.322 e. The van der Waals surface area contributed by atoms with E-state index in [9.17, 15) is 9.59 Å². The molecule has 0 fully saturated rings. The molecule has 5 N–H and O–H groups in total. The van der Waals surface area contributed by atoms with Crippen molar-refractivity contribution in [1.82, 2.24) is 5.39 Å². The summed E-state index contributed by atoms with van der Waals surface area (Å²) in [7, 11) is 0. The Balaban J connectivity index is 3.41. The number of hydrogen-bond acceptors (Lipinski definition) is 8. The summed E-state index contributed by atoms with van der Waals surface area (Å²) >= 11 is 0. The molecule has 0 radical (unpaired) electrons. The summed E-state index contributed by atoms with van der Waals surface area (Å²) in [6.07, 6.45) is 2.77. The van der Waals surface area contributed by atoms with Crippen LogP contribution in [-0.4, -0.2) is 52.1 Å². The number of unbranched alkanes of at least 4 members (excludes halogenated alkanes) is 3. The fraction of sp³-hybridized carbons (Fsp3) is 0.818. The number of rotatable bonds is 12. The summed E-state index contributed by atoms with van der Waals surface area (Å²) in [4.78, 5) is 26.0. The summed E-state index contributed by atoms with van der Waals surface area (Å²) < 4.78 is 4.90. The molecule has 118 valence electrons. The zero-order chi connectivity index (χ0) is 15.4. The first-order valence-corrected chi connectivity index (χ1v) is 6.38. The molecule has 20 heavy (non-hydrogen) atoms. The van der Waals surface area contributed by atoms with Crippen LogP contribution in [0.4, 0.5) is 0 Å². The first-order valence-electron chi connectivity index (χ1n) is 6.38. The highest BCUT2D eigenvalue weighted by molar-refractivity contribution is 5.76. The minimum atomic E-state index is -1.00. The van der Waals surface area contributed by atoms with Gasteiger partial charge in [-0.25, -0.2) is 0 Å². The Labute approximate surface area is 116 Å². The van der Waals surface area contributed by atoms with Gasteiger partial charge in [0.1, 0.15) is 6.04 Å². The maximum Gasteiger partial charge on any atom is 0.322 e. The number of nitrogens with zero attached hydrogens (tertiary/aromatic N) is 1. The van der Waals surface area contributed by atoms with Gasteiger partial charge in [-0.2, -0.15) is 0 Å². The van der Waals surface area contributed by atoms with Crippen molar-refractivity contribution in [3.8, 4) is 0 Å². The normalized spacial score (nSPS) is 12.4. The van der Waals surface area contributed by atoms with Crippen LogP contribution in [0.25, 0.3) is 0 Å². The third kappa shape index (κ3) is 11.8. The summed E-state index contributed by atoms with van der Waals surface area (Å²) in [6.45, 7) is 0.416. The van der Waals surface area contributed by atoms with Crippen molar-refractivity contribution in [3.05, 3.63) is 0 Å². The number of carboxylic acid groups (broad SMARTS) is 1. The second kappa shape index (κ2) is 11.6. The molecule has 0 spiro atoms. The van der Waals surface area contributed by atoms with E-state index in [1.54, 1.807) is 0 Å². The van der Waals surface area contributed by atoms with Gasteiger partial charge in [0.25, 0.3) is 0 Å². The molecule has 1 atom stereocenters. The number of nitrogens with two attached hydrogens (primary N) is 1. The van der Waals surface area contributed by atoms with E-state index in [-0.39, 0.29) is 31.4 Å². The van der Waals surface area contributed by atoms with Crippen LogP contribution in [0.15, 0.2) is 0 Å². The molecule has 0 saturated carbocycles. The SMILES string of the molecule is NC(CCC(=O)O)C(=O)OCCCCCCON(O)O. The lowest BCUT2D eigenvalue weighted by molar-refractivity contribution is -0.492. The van der Waals surface area contributed by atoms with Crippen molar-refractivity contribution in [2.45, 2.75) is 44.6 Å². The van der Waals surface area contributed by atoms with E-state index in [1.807, 2.05) is 0 Å². The van der Waals surface area contributed by atoms with Crippen molar-refractivity contribution in [2.75, 3.05) is 13.2 Å². The van der Waals surface area contributed by atoms with E-state index in [2.05, 4.69) is 4.84 Å². The third-order valence-electron chi connectivity index (χ3n) is 2.46. The fourth-order valence-corrected chi connectivity index (χ4v) is 1.38. The highest BCUT2D eigenvalue weighted by atomic mass is 17.1. The number of aliphatic carboxylic acids is 1. The lowest BCUT2D eigenvalue weighted by Gasteiger charge is -2.10. The highest BCUT2D eigenvalue weighted by Crippen LogP contribution is 2.03. The second-order valence-corrected chi connectivity index (χ2v) is 4.21. The summed E-state index contributed by atoms with van der Waals surface area (Å²) in [5.74, 6) is -1.59. The van der Waals surface area contributed by atoms with Crippen LogP contribution < -0.4 is 5.73 Å². The standard InChI is InChI=1S/C11H22N2O7/c12-9(5-6-10(14)15)11(16)19-7-3-1-2-4-8-20-13(17)18/h9,17-18H,1-8,12H2,(H,14,15). The quantitative estimate of drug-likeness (QED) is 0.227. The second-order valence-electron chi connectivity index (χ2n) is 4.21. The van der Waals surface area contributed by atoms with Crippen molar-refractivity contribution in [3.63, 3.8) is 0 Å². The van der Waals surface area contributed by atoms with Crippen LogP contribution in [0.5, 0.6) is 0 Å². The van der Waals surface area contributed by atoms with Crippen LogP contribution in [0.1, 0.15) is 38.5 Å². The molecule has 9 nitrogen and oxygen atoms in total. The molecule has 0 aromatic heterocycles. The molecule has 0 aliphatic rings. The first kappa shape index (κ1) is 18.7. The summed E-state index contributed by atoms with van der Waals surface area (Å²) in [5, 5.41) is 24.6. The average Bonchev–Trinajstić information content (AvgIpc) is 2.38. The molecule has 0 amide bonds. The molecule has 0 bridgehead atoms. The topological polar surface area (TPSA) is 143 Å². The molecule has 0 heterocycles. The number of carbonyl (C=O) groups excluding carboxylic acids is 1. The molecule has 0 saturated heterocycles. The van der Waals surface area contributed by atoms with Crippen LogP contribution in [0, 0.1) is 0 Å². The van der Waals surface area contributed by atoms with E-state index in [0.29, 0.717) is 12.8 Å². The van der Waals surface area contributed by atoms with Gasteiger partial charge in [-0.15, -0.1) is 0 Å². The van der Waals surface area contributed by atoms with Gasteiger partial charge < -0.3 is 15.6 Å². The predicted octanol–water partition coefficient (Wildman–Crippen LogP) is 0.294. The molecule has 0 aromatic rings. The zero-order valence-corrected chi connectivity index (χ0v) is 11.2. The maximum absolute atomic E-state index is 11.3. The molecule has 0 aliphatic heterocycles. The Bertz CT molecular complexity index is 286. The number of esters is 1. The van der Waals surface area contributed by atoms with Gasteiger partial charge in [0.2, 0.25) is 0 Å². The Kier molecular flexibility index (Phi) is 10.8. The van der Waals surface area contributed by atoms with E-state index >= 15 is 0 Å². The number of carboxylic acids is 1. The Hall–Kier alpha value is -1.26. The van der Waals surface area contributed by atoms with Gasteiger partial charge in [0, 0.05) is 6.42 Å². The van der Waals surface area contributed by atoms with Crippen LogP contribution in [0.2, 0.25) is 0 Å². The lowest BCUT2D eigenvalue weighted by atomic mass is 10.2. The van der Waals surface area contributed by atoms with Gasteiger partial charge in [-0.3, -0.25) is 24.8 Å². The van der Waals surface area contributed by atoms with Crippen molar-refractivity contribution < 1.29 is 34.7 Å². The van der Waals surface area contributed by atoms with Crippen molar-refractivity contribution >= 4 is 11.9 Å². The highest BCUT2D eigenvalue weighted by Gasteiger charge is 2.15. The van der Waals surface area contributed by atoms with Gasteiger partial charge in [-0.1, -0.05) is 6.42 Å². The van der Waals surface area contributed by atoms with E-state index in [1.165, 1.54) is 0 Å². The minimum absolute atomic E-state index is 0.0598. The summed E-state index contributed by atoms with van der Waals surface area (Å²) in [5.41, 5.74) is 5.47. The molecular formula is C11H22N2O7. The molecule has 0 rings (SSSR count).